The number of aromatic nitrogens is 2. The maximum atomic E-state index is 9.65. The van der Waals surface area contributed by atoms with Crippen LogP contribution in [0.1, 0.15) is 36.1 Å². The molecule has 4 N–H and O–H groups in total. The molecule has 1 unspecified atom stereocenters. The molecular weight excluding hydrogens is 314 g/mol. The van der Waals surface area contributed by atoms with Gasteiger partial charge in [-0.3, -0.25) is 10.1 Å². The Hall–Kier alpha value is -2.34. The number of aliphatic hydroxyl groups is 1. The van der Waals surface area contributed by atoms with Crippen molar-refractivity contribution in [2.75, 3.05) is 26.2 Å². The molecule has 0 spiro atoms. The summed E-state index contributed by atoms with van der Waals surface area (Å²) in [6.45, 7) is 6.38. The van der Waals surface area contributed by atoms with Crippen molar-refractivity contribution in [2.24, 2.45) is 4.99 Å². The summed E-state index contributed by atoms with van der Waals surface area (Å²) >= 11 is 0. The molecule has 0 saturated carbocycles. The molecule has 2 aromatic rings. The van der Waals surface area contributed by atoms with Crippen LogP contribution < -0.4 is 10.6 Å². The first kappa shape index (κ1) is 19.0. The minimum absolute atomic E-state index is 0.0187. The van der Waals surface area contributed by atoms with E-state index in [2.05, 4.69) is 25.8 Å². The second-order valence-corrected chi connectivity index (χ2v) is 6.06. The molecule has 25 heavy (non-hydrogen) atoms. The average Bonchev–Trinajstić information content (AvgIpc) is 3.05. The Morgan fingerprint density at radius 3 is 2.72 bits per heavy atom. The number of hydrogen-bond donors (Lipinski definition) is 4. The molecule has 0 bridgehead atoms. The number of aliphatic imine (C=N–C) groups is 1. The van der Waals surface area contributed by atoms with Crippen LogP contribution in [0.4, 0.5) is 0 Å². The van der Waals surface area contributed by atoms with Gasteiger partial charge in [0.1, 0.15) is 0 Å². The molecule has 6 nitrogen and oxygen atoms in total. The zero-order chi connectivity index (χ0) is 17.9. The van der Waals surface area contributed by atoms with Crippen LogP contribution in [0.5, 0.6) is 0 Å². The van der Waals surface area contributed by atoms with Crippen LogP contribution in [0.3, 0.4) is 0 Å². The standard InChI is InChI=1S/C19H29N5O/c1-3-20-19(21-11-7-10-17-13-23-24-15(17)2)22-12-18(14-25)16-8-5-4-6-9-16/h4-6,8-9,13,18,25H,3,7,10-12,14H2,1-2H3,(H,23,24)(H2,20,21,22). The maximum absolute atomic E-state index is 9.65. The molecule has 136 valence electrons. The highest BCUT2D eigenvalue weighted by molar-refractivity contribution is 5.79. The smallest absolute Gasteiger partial charge is 0.191 e. The van der Waals surface area contributed by atoms with Crippen LogP contribution in [-0.4, -0.2) is 47.5 Å². The summed E-state index contributed by atoms with van der Waals surface area (Å²) in [5, 5.41) is 23.3. The zero-order valence-electron chi connectivity index (χ0n) is 15.1. The van der Waals surface area contributed by atoms with Gasteiger partial charge in [0.15, 0.2) is 5.96 Å². The molecule has 0 radical (unpaired) electrons. The van der Waals surface area contributed by atoms with E-state index < -0.39 is 0 Å². The number of rotatable bonds is 9. The van der Waals surface area contributed by atoms with Crippen LogP contribution in [0, 0.1) is 6.92 Å². The first-order chi connectivity index (χ1) is 12.2. The largest absolute Gasteiger partial charge is 0.396 e. The molecule has 1 aromatic carbocycles. The number of hydrogen-bond acceptors (Lipinski definition) is 3. The SMILES string of the molecule is CCNC(=NCC(CO)c1ccccc1)NCCCc1cn[nH]c1C. The van der Waals surface area contributed by atoms with Crippen molar-refractivity contribution >= 4 is 5.96 Å². The summed E-state index contributed by atoms with van der Waals surface area (Å²) in [4.78, 5) is 4.63. The highest BCUT2D eigenvalue weighted by Gasteiger charge is 2.10. The molecule has 0 aliphatic rings. The highest BCUT2D eigenvalue weighted by atomic mass is 16.3. The lowest BCUT2D eigenvalue weighted by Gasteiger charge is -2.15. The lowest BCUT2D eigenvalue weighted by molar-refractivity contribution is 0.268. The van der Waals surface area contributed by atoms with Gasteiger partial charge in [-0.05, 0) is 37.8 Å². The molecule has 1 atom stereocenters. The van der Waals surface area contributed by atoms with Crippen LogP contribution >= 0.6 is 0 Å². The molecule has 0 saturated heterocycles. The molecule has 6 heteroatoms. The van der Waals surface area contributed by atoms with Crippen molar-refractivity contribution in [2.45, 2.75) is 32.6 Å². The van der Waals surface area contributed by atoms with E-state index in [0.717, 1.165) is 43.1 Å². The zero-order valence-corrected chi connectivity index (χ0v) is 15.1. The fourth-order valence-corrected chi connectivity index (χ4v) is 2.65. The Labute approximate surface area is 149 Å². The van der Waals surface area contributed by atoms with E-state index in [0.29, 0.717) is 6.54 Å². The first-order valence-electron chi connectivity index (χ1n) is 8.91. The summed E-state index contributed by atoms with van der Waals surface area (Å²) < 4.78 is 0. The summed E-state index contributed by atoms with van der Waals surface area (Å²) in [5.74, 6) is 0.811. The minimum atomic E-state index is 0.0187. The van der Waals surface area contributed by atoms with Gasteiger partial charge >= 0.3 is 0 Å². The minimum Gasteiger partial charge on any atom is -0.396 e. The lowest BCUT2D eigenvalue weighted by atomic mass is 10.0. The molecular formula is C19H29N5O. The molecule has 2 rings (SSSR count). The van der Waals surface area contributed by atoms with Gasteiger partial charge in [0.05, 0.1) is 19.3 Å². The van der Waals surface area contributed by atoms with E-state index >= 15 is 0 Å². The van der Waals surface area contributed by atoms with E-state index in [1.54, 1.807) is 0 Å². The molecule has 1 aromatic heterocycles. The molecule has 0 fully saturated rings. The van der Waals surface area contributed by atoms with Gasteiger partial charge in [-0.15, -0.1) is 0 Å². The van der Waals surface area contributed by atoms with Gasteiger partial charge in [0.2, 0.25) is 0 Å². The number of aromatic amines is 1. The van der Waals surface area contributed by atoms with Gasteiger partial charge in [-0.1, -0.05) is 30.3 Å². The van der Waals surface area contributed by atoms with Gasteiger partial charge < -0.3 is 15.7 Å². The van der Waals surface area contributed by atoms with Crippen molar-refractivity contribution in [1.29, 1.82) is 0 Å². The molecule has 0 aliphatic heterocycles. The van der Waals surface area contributed by atoms with Gasteiger partial charge in [-0.25, -0.2) is 0 Å². The number of aryl methyl sites for hydroxylation is 2. The predicted molar refractivity (Wildman–Crippen MR) is 102 cm³/mol. The lowest BCUT2D eigenvalue weighted by Crippen LogP contribution is -2.38. The van der Waals surface area contributed by atoms with Crippen LogP contribution in [-0.2, 0) is 6.42 Å². The summed E-state index contributed by atoms with van der Waals surface area (Å²) in [5.41, 5.74) is 3.50. The predicted octanol–water partition coefficient (Wildman–Crippen LogP) is 1.98. The van der Waals surface area contributed by atoms with Crippen molar-refractivity contribution in [3.8, 4) is 0 Å². The van der Waals surface area contributed by atoms with Crippen molar-refractivity contribution < 1.29 is 5.11 Å². The van der Waals surface area contributed by atoms with Gasteiger partial charge in [0.25, 0.3) is 0 Å². The third-order valence-corrected chi connectivity index (χ3v) is 4.16. The fourth-order valence-electron chi connectivity index (χ4n) is 2.65. The number of nitrogens with zero attached hydrogens (tertiary/aromatic N) is 2. The third-order valence-electron chi connectivity index (χ3n) is 4.16. The van der Waals surface area contributed by atoms with Crippen molar-refractivity contribution in [3.05, 3.63) is 53.3 Å². The number of aliphatic hydroxyl groups excluding tert-OH is 1. The molecule has 0 aliphatic carbocycles. The fraction of sp³-hybridized carbons (Fsp3) is 0.474. The number of nitrogens with one attached hydrogen (secondary N) is 3. The number of benzene rings is 1. The van der Waals surface area contributed by atoms with E-state index in [1.807, 2.05) is 50.4 Å². The average molecular weight is 343 g/mol. The maximum Gasteiger partial charge on any atom is 0.191 e. The Balaban J connectivity index is 1.83. The van der Waals surface area contributed by atoms with Crippen LogP contribution in [0.15, 0.2) is 41.5 Å². The first-order valence-corrected chi connectivity index (χ1v) is 8.91. The molecule has 1 heterocycles. The third kappa shape index (κ3) is 6.23. The quantitative estimate of drug-likeness (QED) is 0.319. The van der Waals surface area contributed by atoms with Gasteiger partial charge in [0, 0.05) is 24.7 Å². The Bertz CT molecular complexity index is 638. The second kappa shape index (κ2) is 10.5. The van der Waals surface area contributed by atoms with E-state index in [-0.39, 0.29) is 12.5 Å². The number of guanidine groups is 1. The monoisotopic (exact) mass is 343 g/mol. The van der Waals surface area contributed by atoms with Crippen molar-refractivity contribution in [3.63, 3.8) is 0 Å². The Morgan fingerprint density at radius 2 is 2.08 bits per heavy atom. The van der Waals surface area contributed by atoms with Crippen molar-refractivity contribution in [1.82, 2.24) is 20.8 Å². The Kier molecular flexibility index (Phi) is 7.98. The van der Waals surface area contributed by atoms with E-state index in [1.165, 1.54) is 5.56 Å². The van der Waals surface area contributed by atoms with E-state index in [9.17, 15) is 5.11 Å². The second-order valence-electron chi connectivity index (χ2n) is 6.06. The summed E-state index contributed by atoms with van der Waals surface area (Å²) in [6.07, 6.45) is 3.88. The van der Waals surface area contributed by atoms with Crippen LogP contribution in [0.2, 0.25) is 0 Å². The number of H-pyrrole nitrogens is 1. The van der Waals surface area contributed by atoms with E-state index in [4.69, 9.17) is 0 Å². The van der Waals surface area contributed by atoms with Crippen LogP contribution in [0.25, 0.3) is 0 Å². The summed E-state index contributed by atoms with van der Waals surface area (Å²) in [6, 6.07) is 10.0. The molecule has 0 amide bonds. The van der Waals surface area contributed by atoms with Gasteiger partial charge in [-0.2, -0.15) is 5.10 Å². The normalized spacial score (nSPS) is 12.8. The topological polar surface area (TPSA) is 85.3 Å². The summed E-state index contributed by atoms with van der Waals surface area (Å²) in [7, 11) is 0. The Morgan fingerprint density at radius 1 is 1.28 bits per heavy atom. The highest BCUT2D eigenvalue weighted by Crippen LogP contribution is 2.14.